The lowest BCUT2D eigenvalue weighted by molar-refractivity contribution is -0.120. The number of carbonyl (C=O) groups is 1. The highest BCUT2D eigenvalue weighted by Crippen LogP contribution is 2.11. The monoisotopic (exact) mass is 291 g/mol. The lowest BCUT2D eigenvalue weighted by Crippen LogP contribution is -2.24. The maximum Gasteiger partial charge on any atom is 0.224 e. The fourth-order valence-corrected chi connectivity index (χ4v) is 2.36. The number of nitrogens with zero attached hydrogens (tertiary/aromatic N) is 2. The number of carbonyl (C=O) groups excluding carboxylic acids is 1. The van der Waals surface area contributed by atoms with Crippen molar-refractivity contribution < 1.29 is 4.79 Å². The quantitative estimate of drug-likeness (QED) is 0.804. The normalized spacial score (nSPS) is 10.6. The van der Waals surface area contributed by atoms with Gasteiger partial charge in [0.1, 0.15) is 0 Å². The fraction of sp³-hybridized carbons (Fsp3) is 0.167. The molecule has 0 aliphatic rings. The molecule has 3 rings (SSSR count). The first kappa shape index (κ1) is 14.2. The van der Waals surface area contributed by atoms with E-state index in [2.05, 4.69) is 15.3 Å². The molecule has 3 aromatic rings. The van der Waals surface area contributed by atoms with Crippen molar-refractivity contribution in [1.29, 1.82) is 0 Å². The average Bonchev–Trinajstić information content (AvgIpc) is 2.55. The molecule has 0 atom stereocenters. The minimum Gasteiger partial charge on any atom is -0.352 e. The van der Waals surface area contributed by atoms with Crippen LogP contribution in [-0.2, 0) is 17.8 Å². The number of aromatic nitrogens is 2. The lowest BCUT2D eigenvalue weighted by Gasteiger charge is -2.08. The van der Waals surface area contributed by atoms with Crippen LogP contribution in [-0.4, -0.2) is 15.9 Å². The van der Waals surface area contributed by atoms with E-state index in [0.717, 1.165) is 27.7 Å². The average molecular weight is 291 g/mol. The molecule has 1 amide bonds. The van der Waals surface area contributed by atoms with Crippen LogP contribution in [0.3, 0.4) is 0 Å². The van der Waals surface area contributed by atoms with Gasteiger partial charge in [0, 0.05) is 18.9 Å². The van der Waals surface area contributed by atoms with Gasteiger partial charge in [-0.1, -0.05) is 30.3 Å². The van der Waals surface area contributed by atoms with Gasteiger partial charge >= 0.3 is 0 Å². The second kappa shape index (κ2) is 6.35. The van der Waals surface area contributed by atoms with Gasteiger partial charge in [0.25, 0.3) is 0 Å². The topological polar surface area (TPSA) is 54.9 Å². The summed E-state index contributed by atoms with van der Waals surface area (Å²) >= 11 is 0. The predicted molar refractivity (Wildman–Crippen MR) is 86.3 cm³/mol. The number of nitrogens with one attached hydrogen (secondary N) is 1. The van der Waals surface area contributed by atoms with Gasteiger partial charge in [-0.15, -0.1) is 0 Å². The van der Waals surface area contributed by atoms with E-state index in [1.54, 1.807) is 12.4 Å². The molecule has 4 heteroatoms. The Hall–Kier alpha value is -2.75. The standard InChI is InChI=1S/C18H17N3O/c1-13-4-2-3-5-15(13)11-18(22)21-12-14-6-7-16-17(10-14)20-9-8-19-16/h2-10H,11-12H2,1H3,(H,21,22). The molecule has 0 bridgehead atoms. The van der Waals surface area contributed by atoms with Crippen LogP contribution < -0.4 is 5.32 Å². The third kappa shape index (κ3) is 3.28. The number of amides is 1. The summed E-state index contributed by atoms with van der Waals surface area (Å²) in [7, 11) is 0. The third-order valence-electron chi connectivity index (χ3n) is 3.64. The van der Waals surface area contributed by atoms with E-state index in [0.29, 0.717) is 13.0 Å². The predicted octanol–water partition coefficient (Wildman–Crippen LogP) is 2.80. The Labute approximate surface area is 129 Å². The second-order valence-corrected chi connectivity index (χ2v) is 5.26. The highest BCUT2D eigenvalue weighted by molar-refractivity contribution is 5.79. The van der Waals surface area contributed by atoms with Crippen LogP contribution >= 0.6 is 0 Å². The zero-order valence-corrected chi connectivity index (χ0v) is 12.4. The first-order valence-electron chi connectivity index (χ1n) is 7.23. The van der Waals surface area contributed by atoms with E-state index in [1.807, 2.05) is 49.4 Å². The van der Waals surface area contributed by atoms with Gasteiger partial charge in [0.15, 0.2) is 0 Å². The SMILES string of the molecule is Cc1ccccc1CC(=O)NCc1ccc2nccnc2c1. The fourth-order valence-electron chi connectivity index (χ4n) is 2.36. The Morgan fingerprint density at radius 2 is 1.82 bits per heavy atom. The van der Waals surface area contributed by atoms with Crippen LogP contribution in [0.5, 0.6) is 0 Å². The Morgan fingerprint density at radius 3 is 2.64 bits per heavy atom. The van der Waals surface area contributed by atoms with Crippen LogP contribution in [0.1, 0.15) is 16.7 Å². The van der Waals surface area contributed by atoms with E-state index in [9.17, 15) is 4.79 Å². The van der Waals surface area contributed by atoms with Gasteiger partial charge in [0.2, 0.25) is 5.91 Å². The van der Waals surface area contributed by atoms with Crippen molar-refractivity contribution >= 4 is 16.9 Å². The van der Waals surface area contributed by atoms with Crippen LogP contribution in [0, 0.1) is 6.92 Å². The molecule has 0 radical (unpaired) electrons. The Morgan fingerprint density at radius 1 is 1.05 bits per heavy atom. The molecule has 0 spiro atoms. The summed E-state index contributed by atoms with van der Waals surface area (Å²) in [6.45, 7) is 2.52. The number of benzene rings is 2. The summed E-state index contributed by atoms with van der Waals surface area (Å²) in [5, 5.41) is 2.95. The summed E-state index contributed by atoms with van der Waals surface area (Å²) < 4.78 is 0. The Balaban J connectivity index is 1.63. The molecular weight excluding hydrogens is 274 g/mol. The van der Waals surface area contributed by atoms with Gasteiger partial charge < -0.3 is 5.32 Å². The molecule has 2 aromatic carbocycles. The largest absolute Gasteiger partial charge is 0.352 e. The Kier molecular flexibility index (Phi) is 4.10. The molecule has 1 N–H and O–H groups in total. The van der Waals surface area contributed by atoms with Gasteiger partial charge in [-0.2, -0.15) is 0 Å². The summed E-state index contributed by atoms with van der Waals surface area (Å²) in [5.74, 6) is 0.0218. The van der Waals surface area contributed by atoms with E-state index in [4.69, 9.17) is 0 Å². The number of rotatable bonds is 4. The van der Waals surface area contributed by atoms with Gasteiger partial charge in [0.05, 0.1) is 17.5 Å². The maximum atomic E-state index is 12.1. The molecule has 0 unspecified atom stereocenters. The van der Waals surface area contributed by atoms with Crippen molar-refractivity contribution in [3.63, 3.8) is 0 Å². The minimum absolute atomic E-state index is 0.0218. The van der Waals surface area contributed by atoms with Crippen LogP contribution in [0.4, 0.5) is 0 Å². The molecule has 22 heavy (non-hydrogen) atoms. The van der Waals surface area contributed by atoms with Crippen molar-refractivity contribution in [3.8, 4) is 0 Å². The number of fused-ring (bicyclic) bond motifs is 1. The first-order valence-corrected chi connectivity index (χ1v) is 7.23. The molecule has 1 heterocycles. The molecule has 110 valence electrons. The third-order valence-corrected chi connectivity index (χ3v) is 3.64. The maximum absolute atomic E-state index is 12.1. The lowest BCUT2D eigenvalue weighted by atomic mass is 10.1. The van der Waals surface area contributed by atoms with Crippen molar-refractivity contribution in [3.05, 3.63) is 71.5 Å². The van der Waals surface area contributed by atoms with Crippen molar-refractivity contribution in [2.75, 3.05) is 0 Å². The molecule has 0 fully saturated rings. The Bertz CT molecular complexity index is 814. The molecule has 0 aliphatic heterocycles. The van der Waals surface area contributed by atoms with E-state index < -0.39 is 0 Å². The van der Waals surface area contributed by atoms with Crippen molar-refractivity contribution in [2.45, 2.75) is 19.9 Å². The highest BCUT2D eigenvalue weighted by atomic mass is 16.1. The number of hydrogen-bond donors (Lipinski definition) is 1. The highest BCUT2D eigenvalue weighted by Gasteiger charge is 2.06. The van der Waals surface area contributed by atoms with Crippen LogP contribution in [0.15, 0.2) is 54.9 Å². The molecule has 1 aromatic heterocycles. The zero-order valence-electron chi connectivity index (χ0n) is 12.4. The summed E-state index contributed by atoms with van der Waals surface area (Å²) in [4.78, 5) is 20.6. The molecule has 4 nitrogen and oxygen atoms in total. The summed E-state index contributed by atoms with van der Waals surface area (Å²) in [5.41, 5.74) is 4.92. The second-order valence-electron chi connectivity index (χ2n) is 5.26. The van der Waals surface area contributed by atoms with Gasteiger partial charge in [-0.25, -0.2) is 0 Å². The van der Waals surface area contributed by atoms with E-state index in [-0.39, 0.29) is 5.91 Å². The van der Waals surface area contributed by atoms with Crippen molar-refractivity contribution in [2.24, 2.45) is 0 Å². The molecule has 0 aliphatic carbocycles. The summed E-state index contributed by atoms with van der Waals surface area (Å²) in [6, 6.07) is 13.8. The number of aryl methyl sites for hydroxylation is 1. The van der Waals surface area contributed by atoms with Gasteiger partial charge in [-0.3, -0.25) is 14.8 Å². The van der Waals surface area contributed by atoms with Crippen LogP contribution in [0.25, 0.3) is 11.0 Å². The van der Waals surface area contributed by atoms with E-state index in [1.165, 1.54) is 0 Å². The smallest absolute Gasteiger partial charge is 0.224 e. The molecule has 0 saturated heterocycles. The van der Waals surface area contributed by atoms with Gasteiger partial charge in [-0.05, 0) is 35.7 Å². The molecular formula is C18H17N3O. The van der Waals surface area contributed by atoms with E-state index >= 15 is 0 Å². The molecule has 0 saturated carbocycles. The first-order chi connectivity index (χ1) is 10.7. The minimum atomic E-state index is 0.0218. The number of hydrogen-bond acceptors (Lipinski definition) is 3. The summed E-state index contributed by atoms with van der Waals surface area (Å²) in [6.07, 6.45) is 3.74. The van der Waals surface area contributed by atoms with Crippen molar-refractivity contribution in [1.82, 2.24) is 15.3 Å². The van der Waals surface area contributed by atoms with Crippen LogP contribution in [0.2, 0.25) is 0 Å². The zero-order chi connectivity index (χ0) is 15.4.